The van der Waals surface area contributed by atoms with Crippen molar-refractivity contribution in [1.82, 2.24) is 4.90 Å². The van der Waals surface area contributed by atoms with E-state index >= 15 is 0 Å². The molecule has 4 heteroatoms. The highest BCUT2D eigenvalue weighted by atomic mass is 16.3. The van der Waals surface area contributed by atoms with Crippen LogP contribution in [0.1, 0.15) is 52.1 Å². The summed E-state index contributed by atoms with van der Waals surface area (Å²) in [7, 11) is 0. The number of hydrogen-bond donors (Lipinski definition) is 1. The number of amides is 1. The van der Waals surface area contributed by atoms with Crippen molar-refractivity contribution in [2.45, 2.75) is 32.8 Å². The number of ketones is 1. The molecule has 4 nitrogen and oxygen atoms in total. The monoisotopic (exact) mass is 351 g/mol. The number of aliphatic hydroxyl groups is 1. The number of hydrogen-bond acceptors (Lipinski definition) is 3. The third kappa shape index (κ3) is 3.42. The Morgan fingerprint density at radius 3 is 2.23 bits per heavy atom. The van der Waals surface area contributed by atoms with E-state index in [1.807, 2.05) is 32.9 Å². The molecule has 26 heavy (non-hydrogen) atoms. The lowest BCUT2D eigenvalue weighted by molar-refractivity contribution is 0.00520. The van der Waals surface area contributed by atoms with Gasteiger partial charge in [-0.15, -0.1) is 0 Å². The van der Waals surface area contributed by atoms with Crippen LogP contribution in [0.5, 0.6) is 0 Å². The molecule has 0 bridgehead atoms. The molecule has 0 saturated carbocycles. The Balaban J connectivity index is 1.89. The normalized spacial score (nSPS) is 19.8. The summed E-state index contributed by atoms with van der Waals surface area (Å²) < 4.78 is 0. The predicted octanol–water partition coefficient (Wildman–Crippen LogP) is 3.46. The summed E-state index contributed by atoms with van der Waals surface area (Å²) in [4.78, 5) is 27.6. The molecule has 1 N–H and O–H groups in total. The maximum absolute atomic E-state index is 13.0. The van der Waals surface area contributed by atoms with E-state index in [1.165, 1.54) is 0 Å². The minimum Gasteiger partial charge on any atom is -0.388 e. The topological polar surface area (TPSA) is 57.6 Å². The van der Waals surface area contributed by atoms with Crippen molar-refractivity contribution in [3.8, 4) is 0 Å². The number of benzene rings is 2. The van der Waals surface area contributed by atoms with Crippen LogP contribution in [0.2, 0.25) is 0 Å². The van der Waals surface area contributed by atoms with Gasteiger partial charge in [0.15, 0.2) is 5.78 Å². The molecule has 2 aromatic rings. The van der Waals surface area contributed by atoms with Gasteiger partial charge in [-0.25, -0.2) is 0 Å². The summed E-state index contributed by atoms with van der Waals surface area (Å²) in [5, 5.41) is 10.7. The van der Waals surface area contributed by atoms with Crippen LogP contribution in [0.3, 0.4) is 0 Å². The van der Waals surface area contributed by atoms with Crippen molar-refractivity contribution < 1.29 is 14.7 Å². The van der Waals surface area contributed by atoms with Crippen LogP contribution in [0.25, 0.3) is 0 Å². The van der Waals surface area contributed by atoms with Gasteiger partial charge in [0.25, 0.3) is 5.91 Å². The zero-order chi connectivity index (χ0) is 18.9. The van der Waals surface area contributed by atoms with Crippen LogP contribution in [0, 0.1) is 12.8 Å². The lowest BCUT2D eigenvalue weighted by atomic mass is 9.90. The Hall–Kier alpha value is -2.46. The van der Waals surface area contributed by atoms with Crippen molar-refractivity contribution in [1.29, 1.82) is 0 Å². The second-order valence-corrected chi connectivity index (χ2v) is 7.48. The summed E-state index contributed by atoms with van der Waals surface area (Å²) in [6.45, 7) is 6.69. The van der Waals surface area contributed by atoms with E-state index in [0.29, 0.717) is 36.2 Å². The first-order chi connectivity index (χ1) is 12.3. The fourth-order valence-electron chi connectivity index (χ4n) is 3.36. The Labute approximate surface area is 154 Å². The molecule has 1 aliphatic rings. The molecule has 1 heterocycles. The number of β-amino-alcohol motifs (C(OH)–C–C–N with tert-alkyl or cyclic N) is 1. The van der Waals surface area contributed by atoms with E-state index in [4.69, 9.17) is 0 Å². The largest absolute Gasteiger partial charge is 0.388 e. The van der Waals surface area contributed by atoms with Crippen molar-refractivity contribution in [3.63, 3.8) is 0 Å². The molecular weight excluding hydrogens is 326 g/mol. The lowest BCUT2D eigenvalue weighted by Gasteiger charge is -2.27. The van der Waals surface area contributed by atoms with Crippen LogP contribution in [0.4, 0.5) is 0 Å². The van der Waals surface area contributed by atoms with Gasteiger partial charge in [0.1, 0.15) is 0 Å². The van der Waals surface area contributed by atoms with E-state index in [9.17, 15) is 14.7 Å². The first-order valence-electron chi connectivity index (χ1n) is 9.04. The van der Waals surface area contributed by atoms with Gasteiger partial charge in [-0.05, 0) is 25.3 Å². The SMILES string of the molecule is Cc1ccc(C(=O)c2ccccc2C(=O)N2CCC(O)(C(C)C)C2)cc1. The summed E-state index contributed by atoms with van der Waals surface area (Å²) in [6.07, 6.45) is 0.560. The average molecular weight is 351 g/mol. The Morgan fingerprint density at radius 1 is 1.04 bits per heavy atom. The highest BCUT2D eigenvalue weighted by Gasteiger charge is 2.41. The predicted molar refractivity (Wildman–Crippen MR) is 101 cm³/mol. The number of nitrogens with zero attached hydrogens (tertiary/aromatic N) is 1. The third-order valence-corrected chi connectivity index (χ3v) is 5.36. The molecule has 2 aromatic carbocycles. The zero-order valence-electron chi connectivity index (χ0n) is 15.5. The molecule has 0 aromatic heterocycles. The fourth-order valence-corrected chi connectivity index (χ4v) is 3.36. The van der Waals surface area contributed by atoms with Gasteiger partial charge in [-0.2, -0.15) is 0 Å². The molecule has 1 unspecified atom stereocenters. The van der Waals surface area contributed by atoms with Gasteiger partial charge in [0.2, 0.25) is 0 Å². The van der Waals surface area contributed by atoms with Crippen molar-refractivity contribution in [3.05, 3.63) is 70.8 Å². The van der Waals surface area contributed by atoms with Crippen LogP contribution in [-0.2, 0) is 0 Å². The molecular formula is C22H25NO3. The highest BCUT2D eigenvalue weighted by Crippen LogP contribution is 2.30. The summed E-state index contributed by atoms with van der Waals surface area (Å²) >= 11 is 0. The minimum atomic E-state index is -0.856. The zero-order valence-corrected chi connectivity index (χ0v) is 15.5. The Morgan fingerprint density at radius 2 is 1.65 bits per heavy atom. The molecule has 1 amide bonds. The number of carbonyl (C=O) groups excluding carboxylic acids is 2. The van der Waals surface area contributed by atoms with E-state index in [0.717, 1.165) is 5.56 Å². The van der Waals surface area contributed by atoms with Gasteiger partial charge in [0.05, 0.1) is 17.7 Å². The van der Waals surface area contributed by atoms with Crippen molar-refractivity contribution >= 4 is 11.7 Å². The van der Waals surface area contributed by atoms with Crippen LogP contribution >= 0.6 is 0 Å². The van der Waals surface area contributed by atoms with E-state index in [2.05, 4.69) is 0 Å². The molecule has 3 rings (SSSR count). The van der Waals surface area contributed by atoms with Gasteiger partial charge in [-0.3, -0.25) is 9.59 Å². The average Bonchev–Trinajstić information content (AvgIpc) is 3.05. The van der Waals surface area contributed by atoms with E-state index in [-0.39, 0.29) is 17.6 Å². The standard InChI is InChI=1S/C22H25NO3/c1-15(2)22(26)12-13-23(14-22)21(25)19-7-5-4-6-18(19)20(24)17-10-8-16(3)9-11-17/h4-11,15,26H,12-14H2,1-3H3. The number of rotatable bonds is 4. The van der Waals surface area contributed by atoms with E-state index in [1.54, 1.807) is 41.3 Å². The van der Waals surface area contributed by atoms with E-state index < -0.39 is 5.60 Å². The number of carbonyl (C=O) groups is 2. The molecule has 1 aliphatic heterocycles. The maximum atomic E-state index is 13.0. The second-order valence-electron chi connectivity index (χ2n) is 7.48. The molecule has 136 valence electrons. The molecule has 0 spiro atoms. The van der Waals surface area contributed by atoms with Crippen molar-refractivity contribution in [2.75, 3.05) is 13.1 Å². The number of aryl methyl sites for hydroxylation is 1. The first kappa shape index (κ1) is 18.3. The molecule has 1 fully saturated rings. The molecule has 0 aliphatic carbocycles. The van der Waals surface area contributed by atoms with Crippen LogP contribution in [-0.4, -0.2) is 40.4 Å². The maximum Gasteiger partial charge on any atom is 0.254 e. The Kier molecular flexibility index (Phi) is 4.97. The summed E-state index contributed by atoms with van der Waals surface area (Å²) in [6, 6.07) is 14.3. The van der Waals surface area contributed by atoms with Gasteiger partial charge in [-0.1, -0.05) is 61.9 Å². The van der Waals surface area contributed by atoms with Crippen LogP contribution in [0.15, 0.2) is 48.5 Å². The minimum absolute atomic E-state index is 0.0738. The second kappa shape index (κ2) is 7.04. The van der Waals surface area contributed by atoms with Gasteiger partial charge in [0, 0.05) is 17.7 Å². The van der Waals surface area contributed by atoms with Crippen molar-refractivity contribution in [2.24, 2.45) is 5.92 Å². The lowest BCUT2D eigenvalue weighted by Crippen LogP contribution is -2.40. The van der Waals surface area contributed by atoms with Gasteiger partial charge < -0.3 is 10.0 Å². The number of likely N-dealkylation sites (tertiary alicyclic amines) is 1. The first-order valence-corrected chi connectivity index (χ1v) is 9.04. The van der Waals surface area contributed by atoms with Gasteiger partial charge >= 0.3 is 0 Å². The Bertz CT molecular complexity index is 826. The fraction of sp³-hybridized carbons (Fsp3) is 0.364. The summed E-state index contributed by atoms with van der Waals surface area (Å²) in [5.74, 6) is -0.283. The summed E-state index contributed by atoms with van der Waals surface area (Å²) in [5.41, 5.74) is 1.59. The molecule has 0 radical (unpaired) electrons. The smallest absolute Gasteiger partial charge is 0.254 e. The third-order valence-electron chi connectivity index (χ3n) is 5.36. The molecule has 1 atom stereocenters. The molecule has 1 saturated heterocycles. The highest BCUT2D eigenvalue weighted by molar-refractivity contribution is 6.15. The quantitative estimate of drug-likeness (QED) is 0.858. The van der Waals surface area contributed by atoms with Crippen LogP contribution < -0.4 is 0 Å².